The molecular formula is C22H24N4O4S. The number of amides is 2. The number of nitrogens with one attached hydrogen (secondary N) is 2. The summed E-state index contributed by atoms with van der Waals surface area (Å²) in [4.78, 5) is 36.5. The second kappa shape index (κ2) is 8.35. The van der Waals surface area contributed by atoms with Crippen LogP contribution in [0.15, 0.2) is 52.8 Å². The summed E-state index contributed by atoms with van der Waals surface area (Å²) >= 11 is 0.868. The fourth-order valence-electron chi connectivity index (χ4n) is 3.06. The van der Waals surface area contributed by atoms with Gasteiger partial charge in [0.15, 0.2) is 0 Å². The lowest BCUT2D eigenvalue weighted by Gasteiger charge is -2.20. The highest BCUT2D eigenvalue weighted by molar-refractivity contribution is 7.15. The van der Waals surface area contributed by atoms with E-state index in [2.05, 4.69) is 36.7 Å². The largest absolute Gasteiger partial charge is 0.477 e. The van der Waals surface area contributed by atoms with Crippen LogP contribution in [-0.2, 0) is 10.2 Å². The molecule has 162 valence electrons. The SMILES string of the molecule is CC1=NN(c2ccc(C(C)(C)C)cc2)C(=O)C1=C(C)NNC(=O)c1ccc(C(=O)O)s1. The molecule has 0 radical (unpaired) electrons. The van der Waals surface area contributed by atoms with Crippen LogP contribution in [0.25, 0.3) is 0 Å². The van der Waals surface area contributed by atoms with Gasteiger partial charge in [-0.2, -0.15) is 10.1 Å². The maximum Gasteiger partial charge on any atom is 0.345 e. The predicted octanol–water partition coefficient (Wildman–Crippen LogP) is 3.67. The average molecular weight is 441 g/mol. The number of carboxylic acid groups (broad SMARTS) is 1. The molecule has 1 aliphatic rings. The molecule has 0 saturated carbocycles. The third kappa shape index (κ3) is 4.66. The van der Waals surface area contributed by atoms with Crippen molar-refractivity contribution in [2.45, 2.75) is 40.0 Å². The van der Waals surface area contributed by atoms with Gasteiger partial charge in [0.1, 0.15) is 4.88 Å². The first-order valence-corrected chi connectivity index (χ1v) is 10.4. The number of carbonyl (C=O) groups is 3. The van der Waals surface area contributed by atoms with Gasteiger partial charge in [-0.25, -0.2) is 4.79 Å². The molecule has 0 spiro atoms. The van der Waals surface area contributed by atoms with Gasteiger partial charge in [-0.1, -0.05) is 32.9 Å². The van der Waals surface area contributed by atoms with Gasteiger partial charge in [0.2, 0.25) is 0 Å². The average Bonchev–Trinajstić information content (AvgIpc) is 3.30. The zero-order valence-corrected chi connectivity index (χ0v) is 18.8. The molecule has 0 bridgehead atoms. The summed E-state index contributed by atoms with van der Waals surface area (Å²) in [5.41, 5.74) is 8.35. The van der Waals surface area contributed by atoms with E-state index in [1.807, 2.05) is 24.3 Å². The molecule has 3 rings (SSSR count). The van der Waals surface area contributed by atoms with E-state index in [0.29, 0.717) is 22.7 Å². The summed E-state index contributed by atoms with van der Waals surface area (Å²) in [7, 11) is 0. The molecule has 0 atom stereocenters. The number of carboxylic acids is 1. The Hall–Kier alpha value is -3.46. The molecule has 2 heterocycles. The van der Waals surface area contributed by atoms with Crippen LogP contribution in [0.3, 0.4) is 0 Å². The Labute approximate surface area is 184 Å². The summed E-state index contributed by atoms with van der Waals surface area (Å²) < 4.78 is 0. The maximum absolute atomic E-state index is 13.0. The van der Waals surface area contributed by atoms with Crippen LogP contribution in [0, 0.1) is 0 Å². The van der Waals surface area contributed by atoms with Gasteiger partial charge < -0.3 is 10.5 Å². The Balaban J connectivity index is 1.73. The number of benzene rings is 1. The summed E-state index contributed by atoms with van der Waals surface area (Å²) in [6, 6.07) is 10.5. The molecule has 9 heteroatoms. The van der Waals surface area contributed by atoms with Crippen LogP contribution in [0.5, 0.6) is 0 Å². The van der Waals surface area contributed by atoms with Gasteiger partial charge in [-0.15, -0.1) is 11.3 Å². The molecule has 1 aromatic heterocycles. The van der Waals surface area contributed by atoms with Gasteiger partial charge in [0.25, 0.3) is 11.8 Å². The highest BCUT2D eigenvalue weighted by atomic mass is 32.1. The fourth-order valence-corrected chi connectivity index (χ4v) is 3.81. The van der Waals surface area contributed by atoms with Crippen molar-refractivity contribution in [3.63, 3.8) is 0 Å². The first-order chi connectivity index (χ1) is 14.5. The second-order valence-electron chi connectivity index (χ2n) is 8.15. The topological polar surface area (TPSA) is 111 Å². The Morgan fingerprint density at radius 3 is 2.19 bits per heavy atom. The Morgan fingerprint density at radius 2 is 1.65 bits per heavy atom. The monoisotopic (exact) mass is 440 g/mol. The Kier molecular flexibility index (Phi) is 5.99. The third-order valence-electron chi connectivity index (χ3n) is 4.78. The number of hydrazine groups is 1. The molecule has 0 aliphatic carbocycles. The first kappa shape index (κ1) is 22.2. The minimum absolute atomic E-state index is 0.00427. The van der Waals surface area contributed by atoms with E-state index in [4.69, 9.17) is 5.11 Å². The number of thiophene rings is 1. The van der Waals surface area contributed by atoms with Crippen LogP contribution in [0.2, 0.25) is 0 Å². The number of rotatable bonds is 5. The van der Waals surface area contributed by atoms with Crippen LogP contribution < -0.4 is 15.9 Å². The summed E-state index contributed by atoms with van der Waals surface area (Å²) in [6.07, 6.45) is 0. The first-order valence-electron chi connectivity index (χ1n) is 9.60. The number of aromatic carboxylic acids is 1. The summed E-state index contributed by atoms with van der Waals surface area (Å²) in [5.74, 6) is -1.88. The molecule has 1 aromatic carbocycles. The van der Waals surface area contributed by atoms with Gasteiger partial charge in [-0.05, 0) is 49.1 Å². The van der Waals surface area contributed by atoms with Crippen LogP contribution in [0.4, 0.5) is 5.69 Å². The summed E-state index contributed by atoms with van der Waals surface area (Å²) in [6.45, 7) is 9.74. The summed E-state index contributed by atoms with van der Waals surface area (Å²) in [5, 5.41) is 14.7. The van der Waals surface area contributed by atoms with Crippen molar-refractivity contribution in [2.75, 3.05) is 5.01 Å². The van der Waals surface area contributed by atoms with Gasteiger partial charge in [-0.3, -0.25) is 15.0 Å². The van der Waals surface area contributed by atoms with Crippen molar-refractivity contribution in [1.82, 2.24) is 10.9 Å². The maximum atomic E-state index is 13.0. The van der Waals surface area contributed by atoms with E-state index in [1.165, 1.54) is 17.1 Å². The zero-order valence-electron chi connectivity index (χ0n) is 17.9. The van der Waals surface area contributed by atoms with Crippen LogP contribution >= 0.6 is 11.3 Å². The third-order valence-corrected chi connectivity index (χ3v) is 5.85. The second-order valence-corrected chi connectivity index (χ2v) is 9.23. The van der Waals surface area contributed by atoms with Crippen LogP contribution in [0.1, 0.15) is 59.5 Å². The van der Waals surface area contributed by atoms with E-state index in [1.54, 1.807) is 13.8 Å². The lowest BCUT2D eigenvalue weighted by atomic mass is 9.87. The lowest BCUT2D eigenvalue weighted by molar-refractivity contribution is -0.114. The van der Waals surface area contributed by atoms with Crippen molar-refractivity contribution in [1.29, 1.82) is 0 Å². The Morgan fingerprint density at radius 1 is 1.03 bits per heavy atom. The van der Waals surface area contributed by atoms with E-state index >= 15 is 0 Å². The highest BCUT2D eigenvalue weighted by Crippen LogP contribution is 2.28. The van der Waals surface area contributed by atoms with E-state index in [-0.39, 0.29) is 21.1 Å². The van der Waals surface area contributed by atoms with Gasteiger partial charge in [0.05, 0.1) is 21.8 Å². The van der Waals surface area contributed by atoms with Gasteiger partial charge >= 0.3 is 5.97 Å². The van der Waals surface area contributed by atoms with Crippen molar-refractivity contribution in [3.8, 4) is 0 Å². The van der Waals surface area contributed by atoms with E-state index < -0.39 is 11.9 Å². The number of hydrogen-bond acceptors (Lipinski definition) is 6. The number of allylic oxidation sites excluding steroid dienone is 1. The molecule has 1 aliphatic heterocycles. The number of hydrazone groups is 1. The number of carbonyl (C=O) groups excluding carboxylic acids is 2. The van der Waals surface area contributed by atoms with Crippen LogP contribution in [-0.4, -0.2) is 28.6 Å². The molecular weight excluding hydrogens is 416 g/mol. The Bertz CT molecular complexity index is 1110. The molecule has 0 unspecified atom stereocenters. The normalized spacial score (nSPS) is 15.6. The molecule has 2 amide bonds. The van der Waals surface area contributed by atoms with Crippen molar-refractivity contribution in [3.05, 3.63) is 63.0 Å². The zero-order chi connectivity index (χ0) is 22.9. The number of nitrogens with zero attached hydrogens (tertiary/aromatic N) is 2. The van der Waals surface area contributed by atoms with Crippen molar-refractivity contribution < 1.29 is 19.5 Å². The lowest BCUT2D eigenvalue weighted by Crippen LogP contribution is -2.37. The molecule has 0 fully saturated rings. The highest BCUT2D eigenvalue weighted by Gasteiger charge is 2.31. The van der Waals surface area contributed by atoms with Crippen molar-refractivity contribution in [2.24, 2.45) is 5.10 Å². The van der Waals surface area contributed by atoms with Crippen molar-refractivity contribution >= 4 is 40.5 Å². The molecule has 31 heavy (non-hydrogen) atoms. The number of anilines is 1. The smallest absolute Gasteiger partial charge is 0.345 e. The standard InChI is InChI=1S/C22H24N4O4S/c1-12(23-24-19(27)16-10-11-17(31-16)21(29)30)18-13(2)25-26(20(18)28)15-8-6-14(7-9-15)22(3,4)5/h6-11,23H,1-5H3,(H,24,27)(H,29,30). The van der Waals surface area contributed by atoms with Gasteiger partial charge in [0, 0.05) is 5.70 Å². The van der Waals surface area contributed by atoms with E-state index in [9.17, 15) is 14.4 Å². The fraction of sp³-hybridized carbons (Fsp3) is 0.273. The molecule has 2 aromatic rings. The predicted molar refractivity (Wildman–Crippen MR) is 120 cm³/mol. The minimum Gasteiger partial charge on any atom is -0.477 e. The molecule has 0 saturated heterocycles. The minimum atomic E-state index is -1.09. The molecule has 8 nitrogen and oxygen atoms in total. The molecule has 3 N–H and O–H groups in total. The van der Waals surface area contributed by atoms with E-state index in [0.717, 1.165) is 16.9 Å². The quantitative estimate of drug-likeness (QED) is 0.485. The number of hydrogen-bond donors (Lipinski definition) is 3.